The van der Waals surface area contributed by atoms with Gasteiger partial charge in [0.15, 0.2) is 33.5 Å². The second-order valence-electron chi connectivity index (χ2n) is 31.7. The highest BCUT2D eigenvalue weighted by Gasteiger charge is 2.32. The number of aryl methyl sites for hydroxylation is 1. The van der Waals surface area contributed by atoms with Gasteiger partial charge >= 0.3 is 0 Å². The fraction of sp³-hybridized carbons (Fsp3) is 0.187. The van der Waals surface area contributed by atoms with Crippen molar-refractivity contribution in [2.45, 2.75) is 112 Å². The second kappa shape index (κ2) is 20.4. The SMILES string of the molecule is Cc1cc2c3cc4ccc(N(c5cccc6c5oc5c(C(C)(C)C)cccc56)c5cccc6c5oc5c(C(C)(C)C)cccc56)cc4cc3oc2c2oc3cc4cc(N(c5cccc6c5oc5c(C(C)(C)C)cccc56)c5cccc6c5oc5c(C(C)(C)C)cccc56)ccc4cc3c12. The molecule has 0 aliphatic carbocycles. The lowest BCUT2D eigenvalue weighted by Crippen LogP contribution is -2.11. The van der Waals surface area contributed by atoms with Gasteiger partial charge in [0.05, 0.1) is 22.7 Å². The topological polar surface area (TPSA) is 85.3 Å². The predicted molar refractivity (Wildman–Crippen MR) is 414 cm³/mol. The van der Waals surface area contributed by atoms with Crippen LogP contribution in [-0.2, 0) is 21.7 Å². The van der Waals surface area contributed by atoms with Crippen LogP contribution < -0.4 is 9.80 Å². The molecule has 8 nitrogen and oxygen atoms in total. The van der Waals surface area contributed by atoms with E-state index in [1.54, 1.807) is 0 Å². The molecule has 0 bridgehead atoms. The van der Waals surface area contributed by atoms with Crippen molar-refractivity contribution < 1.29 is 26.5 Å². The fourth-order valence-electron chi connectivity index (χ4n) is 16.2. The zero-order chi connectivity index (χ0) is 67.7. The minimum Gasteiger partial charge on any atom is -0.454 e. The van der Waals surface area contributed by atoms with Crippen LogP contribution in [0.5, 0.6) is 0 Å². The maximum atomic E-state index is 7.18. The number of para-hydroxylation sites is 8. The molecule has 99 heavy (non-hydrogen) atoms. The van der Waals surface area contributed by atoms with Crippen molar-refractivity contribution in [3.63, 3.8) is 0 Å². The van der Waals surface area contributed by atoms with Crippen LogP contribution in [0.3, 0.4) is 0 Å². The van der Waals surface area contributed by atoms with Crippen LogP contribution >= 0.6 is 0 Å². The summed E-state index contributed by atoms with van der Waals surface area (Å²) in [5, 5.41) is 16.9. The van der Waals surface area contributed by atoms with Gasteiger partial charge in [0.1, 0.15) is 33.5 Å². The van der Waals surface area contributed by atoms with Crippen LogP contribution in [0, 0.1) is 6.92 Å². The van der Waals surface area contributed by atoms with Gasteiger partial charge in [0.2, 0.25) is 0 Å². The molecule has 0 atom stereocenters. The molecule has 0 amide bonds. The van der Waals surface area contributed by atoms with Crippen molar-refractivity contribution in [1.82, 2.24) is 0 Å². The number of anilines is 6. The molecule has 19 aromatic rings. The van der Waals surface area contributed by atoms with Gasteiger partial charge in [-0.2, -0.15) is 0 Å². The first-order chi connectivity index (χ1) is 47.5. The quantitative estimate of drug-likeness (QED) is 0.163. The first-order valence-corrected chi connectivity index (χ1v) is 34.6. The van der Waals surface area contributed by atoms with E-state index in [9.17, 15) is 0 Å². The molecule has 0 fully saturated rings. The van der Waals surface area contributed by atoms with Gasteiger partial charge < -0.3 is 36.3 Å². The predicted octanol–water partition coefficient (Wildman–Crippen LogP) is 27.8. The molecule has 0 radical (unpaired) electrons. The molecule has 19 rings (SSSR count). The Morgan fingerprint density at radius 1 is 0.232 bits per heavy atom. The maximum Gasteiger partial charge on any atom is 0.178 e. The normalized spacial score (nSPS) is 13.1. The number of hydrogen-bond acceptors (Lipinski definition) is 8. The van der Waals surface area contributed by atoms with E-state index in [-0.39, 0.29) is 21.7 Å². The first kappa shape index (κ1) is 59.1. The summed E-state index contributed by atoms with van der Waals surface area (Å²) in [5.74, 6) is 0. The van der Waals surface area contributed by atoms with Crippen molar-refractivity contribution in [3.05, 3.63) is 240 Å². The summed E-state index contributed by atoms with van der Waals surface area (Å²) in [5.41, 5.74) is 20.5. The van der Waals surface area contributed by atoms with E-state index >= 15 is 0 Å². The molecule has 0 saturated heterocycles. The van der Waals surface area contributed by atoms with E-state index in [1.165, 1.54) is 0 Å². The van der Waals surface area contributed by atoms with Gasteiger partial charge in [-0.25, -0.2) is 0 Å². The highest BCUT2D eigenvalue weighted by molar-refractivity contribution is 6.24. The summed E-state index contributed by atoms with van der Waals surface area (Å²) in [6.07, 6.45) is 0. The molecule has 0 N–H and O–H groups in total. The third-order valence-corrected chi connectivity index (χ3v) is 21.0. The lowest BCUT2D eigenvalue weighted by molar-refractivity contribution is 0.572. The highest BCUT2D eigenvalue weighted by atomic mass is 16.4. The third kappa shape index (κ3) is 8.76. The van der Waals surface area contributed by atoms with Crippen molar-refractivity contribution >= 4 is 187 Å². The summed E-state index contributed by atoms with van der Waals surface area (Å²) in [4.78, 5) is 4.65. The number of nitrogens with zero attached hydrogens (tertiary/aromatic N) is 2. The summed E-state index contributed by atoms with van der Waals surface area (Å²) < 4.78 is 43.0. The molecule has 13 aromatic carbocycles. The molecule has 6 aromatic heterocycles. The molecule has 0 aliphatic rings. The van der Waals surface area contributed by atoms with E-state index < -0.39 is 0 Å². The van der Waals surface area contributed by atoms with E-state index in [1.807, 2.05) is 0 Å². The van der Waals surface area contributed by atoms with Gasteiger partial charge in [-0.15, -0.1) is 0 Å². The number of benzene rings is 13. The van der Waals surface area contributed by atoms with E-state index in [2.05, 4.69) is 312 Å². The van der Waals surface area contributed by atoms with E-state index in [0.717, 1.165) is 210 Å². The third-order valence-electron chi connectivity index (χ3n) is 21.0. The Bertz CT molecular complexity index is 6420. The van der Waals surface area contributed by atoms with Gasteiger partial charge in [0, 0.05) is 98.3 Å². The summed E-state index contributed by atoms with van der Waals surface area (Å²) >= 11 is 0. The Morgan fingerprint density at radius 2 is 0.535 bits per heavy atom. The molecular weight excluding hydrogens is 1220 g/mol. The molecular formula is C91H74N2O6. The summed E-state index contributed by atoms with van der Waals surface area (Å²) in [7, 11) is 0. The largest absolute Gasteiger partial charge is 0.454 e. The molecule has 8 heteroatoms. The minimum absolute atomic E-state index is 0.144. The molecule has 484 valence electrons. The Balaban J connectivity index is 0.777. The smallest absolute Gasteiger partial charge is 0.178 e. The van der Waals surface area contributed by atoms with E-state index in [0.29, 0.717) is 5.58 Å². The lowest BCUT2D eigenvalue weighted by Gasteiger charge is -2.26. The molecule has 0 unspecified atom stereocenters. The average Bonchev–Trinajstić information content (AvgIpc) is 1.59. The molecule has 6 heterocycles. The van der Waals surface area contributed by atoms with Gasteiger partial charge in [-0.1, -0.05) is 217 Å². The average molecular weight is 1290 g/mol. The van der Waals surface area contributed by atoms with Crippen LogP contribution in [-0.4, -0.2) is 0 Å². The summed E-state index contributed by atoms with van der Waals surface area (Å²) in [6, 6.07) is 76.8. The van der Waals surface area contributed by atoms with Crippen molar-refractivity contribution in [1.29, 1.82) is 0 Å². The standard InChI is InChI=1S/C91H74N2O6/c1-49-42-65-64-45-50-38-40-54(92(71-34-18-26-60-56-22-14-30-67(88(2,3)4)78(56)96-82(60)71)72-35-19-27-61-57-23-15-31-68(89(5,6)7)79(57)97-83(61)72)43-52(50)47-75(64)94-86(65)87-77(49)66-46-51-39-41-55(44-53(51)48-76(66)95-87)93(73-36-20-28-62-58-24-16-32-69(90(8,9)10)80(58)98-84(62)73)74-37-21-29-63-59-25-17-33-70(91(11,12)13)81(59)99-85(63)74/h14-48H,1-13H3. The monoisotopic (exact) mass is 1290 g/mol. The zero-order valence-corrected chi connectivity index (χ0v) is 58.1. The number of fused-ring (bicyclic) bond motifs is 21. The maximum absolute atomic E-state index is 7.18. The van der Waals surface area contributed by atoms with Crippen molar-refractivity contribution in [2.75, 3.05) is 9.80 Å². The summed E-state index contributed by atoms with van der Waals surface area (Å²) in [6.45, 7) is 29.1. The van der Waals surface area contributed by atoms with Crippen LogP contribution in [0.4, 0.5) is 34.1 Å². The van der Waals surface area contributed by atoms with E-state index in [4.69, 9.17) is 26.5 Å². The van der Waals surface area contributed by atoms with Crippen molar-refractivity contribution in [2.24, 2.45) is 0 Å². The van der Waals surface area contributed by atoms with Gasteiger partial charge in [-0.05, 0) is 135 Å². The first-order valence-electron chi connectivity index (χ1n) is 34.6. The molecule has 0 aliphatic heterocycles. The van der Waals surface area contributed by atoms with Crippen LogP contribution in [0.1, 0.15) is 111 Å². The minimum atomic E-state index is -0.144. The highest BCUT2D eigenvalue weighted by Crippen LogP contribution is 2.53. The number of furan rings is 6. The van der Waals surface area contributed by atoms with Crippen LogP contribution in [0.25, 0.3) is 153 Å². The van der Waals surface area contributed by atoms with Gasteiger partial charge in [0.25, 0.3) is 0 Å². The lowest BCUT2D eigenvalue weighted by atomic mass is 9.86. The Hall–Kier alpha value is -11.2. The Labute approximate surface area is 572 Å². The Kier molecular flexibility index (Phi) is 12.2. The van der Waals surface area contributed by atoms with Crippen LogP contribution in [0.2, 0.25) is 0 Å². The molecule has 0 saturated carbocycles. The molecule has 0 spiro atoms. The second-order valence-corrected chi connectivity index (χ2v) is 31.7. The van der Waals surface area contributed by atoms with Crippen LogP contribution in [0.15, 0.2) is 239 Å². The van der Waals surface area contributed by atoms with Gasteiger partial charge in [-0.3, -0.25) is 0 Å². The number of hydrogen-bond donors (Lipinski definition) is 0. The number of rotatable bonds is 6. The Morgan fingerprint density at radius 3 is 0.879 bits per heavy atom. The van der Waals surface area contributed by atoms with Crippen molar-refractivity contribution in [3.8, 4) is 0 Å². The zero-order valence-electron chi connectivity index (χ0n) is 58.1. The fourth-order valence-corrected chi connectivity index (χ4v) is 16.2.